The summed E-state index contributed by atoms with van der Waals surface area (Å²) in [7, 11) is 1.64. The number of nitrogens with zero attached hydrogens (tertiary/aromatic N) is 2. The highest BCUT2D eigenvalue weighted by molar-refractivity contribution is 6.01. The first-order valence-corrected chi connectivity index (χ1v) is 12.3. The van der Waals surface area contributed by atoms with Crippen molar-refractivity contribution < 1.29 is 19.1 Å². The Morgan fingerprint density at radius 2 is 1.91 bits per heavy atom. The van der Waals surface area contributed by atoms with Gasteiger partial charge in [-0.1, -0.05) is 30.3 Å². The van der Waals surface area contributed by atoms with Gasteiger partial charge in [0, 0.05) is 31.2 Å². The number of morpholine rings is 1. The molecule has 1 saturated carbocycles. The van der Waals surface area contributed by atoms with Crippen LogP contribution in [0, 0.1) is 0 Å². The van der Waals surface area contributed by atoms with Crippen LogP contribution in [-0.4, -0.2) is 74.2 Å². The minimum atomic E-state index is -0.468. The van der Waals surface area contributed by atoms with Crippen LogP contribution in [-0.2, 0) is 9.53 Å². The molecule has 2 amide bonds. The highest BCUT2D eigenvalue weighted by Crippen LogP contribution is 2.48. The van der Waals surface area contributed by atoms with Crippen molar-refractivity contribution >= 4 is 11.8 Å². The number of carbonyl (C=O) groups excluding carboxylic acids is 2. The van der Waals surface area contributed by atoms with Gasteiger partial charge < -0.3 is 19.7 Å². The van der Waals surface area contributed by atoms with Crippen LogP contribution in [0.15, 0.2) is 48.5 Å². The second kappa shape index (κ2) is 10.2. The van der Waals surface area contributed by atoms with E-state index in [0.717, 1.165) is 69.0 Å². The lowest BCUT2D eigenvalue weighted by atomic mass is 9.79. The molecular formula is C27H33N3O4. The number of hydrogen-bond donors (Lipinski definition) is 1. The quantitative estimate of drug-likeness (QED) is 0.610. The minimum Gasteiger partial charge on any atom is -0.497 e. The van der Waals surface area contributed by atoms with Crippen molar-refractivity contribution in [1.29, 1.82) is 0 Å². The van der Waals surface area contributed by atoms with Crippen molar-refractivity contribution in [2.45, 2.75) is 37.3 Å². The molecule has 2 fully saturated rings. The predicted molar refractivity (Wildman–Crippen MR) is 129 cm³/mol. The summed E-state index contributed by atoms with van der Waals surface area (Å²) in [5.74, 6) is 0.247. The monoisotopic (exact) mass is 463 g/mol. The summed E-state index contributed by atoms with van der Waals surface area (Å²) in [6.07, 6.45) is 2.83. The number of benzene rings is 2. The van der Waals surface area contributed by atoms with Gasteiger partial charge >= 0.3 is 0 Å². The molecule has 3 aliphatic rings. The number of amides is 2. The standard InChI is InChI=1S/C27H33N3O4/c1-33-21-7-4-6-19(18-21)25-24(26(31)28-12-5-13-29-14-16-34-17-15-29)22-8-2-3-9-23(22)27(32)30(25)20-10-11-20/h2-4,6-9,18,20,24-25H,5,10-17H2,1H3,(H,28,31)/t24-,25-/m0/s1. The molecule has 2 atom stereocenters. The minimum absolute atomic E-state index is 0.0160. The van der Waals surface area contributed by atoms with Crippen LogP contribution in [0.5, 0.6) is 5.75 Å². The fourth-order valence-corrected chi connectivity index (χ4v) is 5.22. The second-order valence-electron chi connectivity index (χ2n) is 9.33. The maximum absolute atomic E-state index is 13.7. The zero-order chi connectivity index (χ0) is 23.5. The molecule has 1 saturated heterocycles. The van der Waals surface area contributed by atoms with E-state index in [-0.39, 0.29) is 23.9 Å². The van der Waals surface area contributed by atoms with Crippen molar-refractivity contribution in [3.63, 3.8) is 0 Å². The third-order valence-corrected chi connectivity index (χ3v) is 7.09. The largest absolute Gasteiger partial charge is 0.497 e. The molecule has 2 aromatic carbocycles. The van der Waals surface area contributed by atoms with Crippen LogP contribution in [0.2, 0.25) is 0 Å². The van der Waals surface area contributed by atoms with E-state index in [4.69, 9.17) is 9.47 Å². The van der Waals surface area contributed by atoms with E-state index >= 15 is 0 Å². The number of nitrogens with one attached hydrogen (secondary N) is 1. The summed E-state index contributed by atoms with van der Waals surface area (Å²) in [6, 6.07) is 15.2. The molecule has 2 heterocycles. The molecule has 34 heavy (non-hydrogen) atoms. The van der Waals surface area contributed by atoms with Crippen LogP contribution in [0.1, 0.15) is 52.7 Å². The molecule has 2 aliphatic heterocycles. The molecule has 0 unspecified atom stereocenters. The van der Waals surface area contributed by atoms with Crippen LogP contribution >= 0.6 is 0 Å². The molecule has 0 aromatic heterocycles. The lowest BCUT2D eigenvalue weighted by molar-refractivity contribution is -0.124. The Balaban J connectivity index is 1.42. The van der Waals surface area contributed by atoms with Crippen molar-refractivity contribution in [3.05, 3.63) is 65.2 Å². The van der Waals surface area contributed by atoms with Gasteiger partial charge in [0.05, 0.1) is 32.3 Å². The van der Waals surface area contributed by atoms with Gasteiger partial charge in [0.25, 0.3) is 5.91 Å². The third kappa shape index (κ3) is 4.68. The SMILES string of the molecule is COc1cccc([C@H]2[C@@H](C(=O)NCCCN3CCOCC3)c3ccccc3C(=O)N2C2CC2)c1. The number of carbonyl (C=O) groups is 2. The number of rotatable bonds is 8. The molecular weight excluding hydrogens is 430 g/mol. The summed E-state index contributed by atoms with van der Waals surface area (Å²) < 4.78 is 10.9. The van der Waals surface area contributed by atoms with E-state index in [1.54, 1.807) is 7.11 Å². The van der Waals surface area contributed by atoms with Crippen LogP contribution in [0.3, 0.4) is 0 Å². The first-order valence-electron chi connectivity index (χ1n) is 12.3. The molecule has 7 nitrogen and oxygen atoms in total. The lowest BCUT2D eigenvalue weighted by Crippen LogP contribution is -2.48. The van der Waals surface area contributed by atoms with Crippen LogP contribution < -0.4 is 10.1 Å². The predicted octanol–water partition coefficient (Wildman–Crippen LogP) is 2.98. The molecule has 1 N–H and O–H groups in total. The number of hydrogen-bond acceptors (Lipinski definition) is 5. The van der Waals surface area contributed by atoms with Gasteiger partial charge in [-0.3, -0.25) is 14.5 Å². The molecule has 7 heteroatoms. The fourth-order valence-electron chi connectivity index (χ4n) is 5.22. The maximum atomic E-state index is 13.7. The first-order chi connectivity index (χ1) is 16.7. The number of methoxy groups -OCH3 is 1. The van der Waals surface area contributed by atoms with E-state index < -0.39 is 5.92 Å². The first kappa shape index (κ1) is 22.9. The summed E-state index contributed by atoms with van der Waals surface area (Å²) in [4.78, 5) is 31.6. The summed E-state index contributed by atoms with van der Waals surface area (Å²) in [6.45, 7) is 4.99. The molecule has 180 valence electrons. The third-order valence-electron chi connectivity index (χ3n) is 7.09. The van der Waals surface area contributed by atoms with Crippen molar-refractivity contribution in [1.82, 2.24) is 15.1 Å². The Kier molecular flexibility index (Phi) is 6.83. The summed E-state index contributed by atoms with van der Waals surface area (Å²) in [5, 5.41) is 3.19. The summed E-state index contributed by atoms with van der Waals surface area (Å²) >= 11 is 0. The molecule has 0 radical (unpaired) electrons. The normalized spacial score (nSPS) is 22.9. The fraction of sp³-hybridized carbons (Fsp3) is 0.481. The Morgan fingerprint density at radius 1 is 1.12 bits per heavy atom. The summed E-state index contributed by atoms with van der Waals surface area (Å²) in [5.41, 5.74) is 2.38. The van der Waals surface area contributed by atoms with Gasteiger partial charge in [-0.05, 0) is 55.1 Å². The average Bonchev–Trinajstić information content (AvgIpc) is 3.72. The highest BCUT2D eigenvalue weighted by Gasteiger charge is 2.49. The van der Waals surface area contributed by atoms with Crippen LogP contribution in [0.4, 0.5) is 0 Å². The Labute approximate surface area is 201 Å². The van der Waals surface area contributed by atoms with Gasteiger partial charge in [-0.2, -0.15) is 0 Å². The van der Waals surface area contributed by atoms with Crippen molar-refractivity contribution in [3.8, 4) is 5.75 Å². The topological polar surface area (TPSA) is 71.1 Å². The number of ether oxygens (including phenoxy) is 2. The lowest BCUT2D eigenvalue weighted by Gasteiger charge is -2.42. The highest BCUT2D eigenvalue weighted by atomic mass is 16.5. The molecule has 2 aromatic rings. The van der Waals surface area contributed by atoms with Gasteiger partial charge in [0.15, 0.2) is 0 Å². The maximum Gasteiger partial charge on any atom is 0.254 e. The van der Waals surface area contributed by atoms with Gasteiger partial charge in [-0.15, -0.1) is 0 Å². The van der Waals surface area contributed by atoms with E-state index in [9.17, 15) is 9.59 Å². The smallest absolute Gasteiger partial charge is 0.254 e. The Morgan fingerprint density at radius 3 is 2.68 bits per heavy atom. The van der Waals surface area contributed by atoms with E-state index in [2.05, 4.69) is 10.2 Å². The van der Waals surface area contributed by atoms with E-state index in [1.807, 2.05) is 53.4 Å². The van der Waals surface area contributed by atoms with Crippen molar-refractivity contribution in [2.75, 3.05) is 46.5 Å². The van der Waals surface area contributed by atoms with Crippen molar-refractivity contribution in [2.24, 2.45) is 0 Å². The Hall–Kier alpha value is -2.90. The average molecular weight is 464 g/mol. The zero-order valence-electron chi connectivity index (χ0n) is 19.7. The Bertz CT molecular complexity index is 1030. The van der Waals surface area contributed by atoms with E-state index in [0.29, 0.717) is 12.1 Å². The second-order valence-corrected chi connectivity index (χ2v) is 9.33. The van der Waals surface area contributed by atoms with Crippen LogP contribution in [0.25, 0.3) is 0 Å². The molecule has 0 spiro atoms. The molecule has 0 bridgehead atoms. The van der Waals surface area contributed by atoms with Gasteiger partial charge in [-0.25, -0.2) is 0 Å². The van der Waals surface area contributed by atoms with Gasteiger partial charge in [0.2, 0.25) is 5.91 Å². The zero-order valence-corrected chi connectivity index (χ0v) is 19.7. The van der Waals surface area contributed by atoms with E-state index in [1.165, 1.54) is 0 Å². The molecule has 5 rings (SSSR count). The van der Waals surface area contributed by atoms with Gasteiger partial charge in [0.1, 0.15) is 5.75 Å². The molecule has 1 aliphatic carbocycles. The number of fused-ring (bicyclic) bond motifs is 1.